The molecule has 66 heavy (non-hydrogen) atoms. The van der Waals surface area contributed by atoms with Crippen LogP contribution in [0.3, 0.4) is 0 Å². The van der Waals surface area contributed by atoms with Crippen molar-refractivity contribution in [3.05, 3.63) is 76.2 Å². The zero-order chi connectivity index (χ0) is 46.9. The van der Waals surface area contributed by atoms with Gasteiger partial charge < -0.3 is 40.0 Å². The molecule has 4 N–H and O–H groups in total. The van der Waals surface area contributed by atoms with E-state index in [9.17, 15) is 27.8 Å². The molecule has 1 saturated heterocycles. The van der Waals surface area contributed by atoms with E-state index in [4.69, 9.17) is 35.8 Å². The Labute approximate surface area is 391 Å². The summed E-state index contributed by atoms with van der Waals surface area (Å²) in [6.07, 6.45) is 6.86. The van der Waals surface area contributed by atoms with Gasteiger partial charge in [0.25, 0.3) is 0 Å². The number of amides is 3. The van der Waals surface area contributed by atoms with Gasteiger partial charge in [-0.3, -0.25) is 14.2 Å². The van der Waals surface area contributed by atoms with E-state index in [2.05, 4.69) is 16.0 Å². The van der Waals surface area contributed by atoms with Gasteiger partial charge in [-0.05, 0) is 95.4 Å². The predicted octanol–water partition coefficient (Wildman–Crippen LogP) is 9.57. The molecule has 2 saturated carbocycles. The van der Waals surface area contributed by atoms with Crippen LogP contribution in [-0.4, -0.2) is 86.9 Å². The van der Waals surface area contributed by atoms with Gasteiger partial charge in [-0.2, -0.15) is 0 Å². The van der Waals surface area contributed by atoms with Crippen LogP contribution in [0.2, 0.25) is 5.02 Å². The molecule has 3 amide bonds. The second-order valence-electron chi connectivity index (χ2n) is 18.2. The maximum Gasteiger partial charge on any atom is 0.408 e. The van der Waals surface area contributed by atoms with E-state index in [-0.39, 0.29) is 42.5 Å². The summed E-state index contributed by atoms with van der Waals surface area (Å²) >= 11 is 8.28. The molecule has 2 aliphatic heterocycles. The Kier molecular flexibility index (Phi) is 14.3. The molecular weight excluding hydrogens is 913 g/mol. The van der Waals surface area contributed by atoms with Crippen molar-refractivity contribution < 1.29 is 46.8 Å². The number of fused-ring (bicyclic) bond motifs is 3. The number of carbonyl (C=O) groups excluding carboxylic acids is 3. The number of thiazole rings is 1. The largest absolute Gasteiger partial charge is 0.495 e. The minimum atomic E-state index is -4.62. The lowest BCUT2D eigenvalue weighted by molar-refractivity contribution is -0.141. The Morgan fingerprint density at radius 3 is 2.53 bits per heavy atom. The van der Waals surface area contributed by atoms with Crippen LogP contribution in [0.25, 0.3) is 22.3 Å². The van der Waals surface area contributed by atoms with Crippen molar-refractivity contribution in [1.29, 1.82) is 0 Å². The minimum Gasteiger partial charge on any atom is -0.495 e. The molecule has 4 aromatic rings. The van der Waals surface area contributed by atoms with Gasteiger partial charge in [0.05, 0.1) is 31.0 Å². The smallest absolute Gasteiger partial charge is 0.408 e. The zero-order valence-corrected chi connectivity index (χ0v) is 39.8. The third-order valence-electron chi connectivity index (χ3n) is 13.1. The third kappa shape index (κ3) is 10.0. The van der Waals surface area contributed by atoms with Gasteiger partial charge in [-0.15, -0.1) is 11.3 Å². The van der Waals surface area contributed by atoms with E-state index >= 15 is 4.79 Å². The fraction of sp³-hybridized carbons (Fsp3) is 0.511. The topological polar surface area (TPSA) is 181 Å². The number of hydrogen-bond acceptors (Lipinski definition) is 11. The Bertz CT molecular complexity index is 2540. The number of carbonyl (C=O) groups is 3. The average Bonchev–Trinajstić information content (AvgIpc) is 3.69. The number of pyridine rings is 1. The maximum absolute atomic E-state index is 15.1. The second kappa shape index (κ2) is 19.8. The fourth-order valence-corrected chi connectivity index (χ4v) is 12.9. The standard InChI is InChI=1S/C47H56ClF2N6O8PS/c1-26(2)51-45-53-36(25-66-45)35-21-39(31-18-19-38(62-4)40(48)42(31)52-35)63-30-20-37-43(57)55-47(65(60,61)24-32-33(49)16-11-17-34(32)50)22-28(47)13-8-6-5-7-12-27(3)41(44(58)56(37)23-30)54-46(59)64-29-14-9-10-15-29/h8,11,13,16-19,21,25-30,37,41H,5-7,9-10,12,14-15,20,22-24H2,1-4H3,(H,51,53)(H,54,59)(H,55,57)(H,60,61)/t27-,28-,30-,37+,41+,47+/m1/s1. The molecule has 2 aliphatic carbocycles. The van der Waals surface area contributed by atoms with Crippen LogP contribution in [0.4, 0.5) is 18.7 Å². The number of halogens is 3. The molecule has 7 atom stereocenters. The Morgan fingerprint density at radius 2 is 1.80 bits per heavy atom. The molecule has 14 nitrogen and oxygen atoms in total. The molecule has 3 fully saturated rings. The minimum absolute atomic E-state index is 0.0366. The summed E-state index contributed by atoms with van der Waals surface area (Å²) in [5.74, 6) is -3.53. The quantitative estimate of drug-likeness (QED) is 0.0830. The van der Waals surface area contributed by atoms with Crippen LogP contribution in [0.15, 0.2) is 53.9 Å². The molecule has 2 aromatic heterocycles. The van der Waals surface area contributed by atoms with Crippen molar-refractivity contribution in [2.45, 2.75) is 127 Å². The first kappa shape index (κ1) is 47.7. The van der Waals surface area contributed by atoms with Crippen LogP contribution >= 0.6 is 30.3 Å². The average molecular weight is 969 g/mol. The number of alkyl carbamates (subject to hydrolysis) is 1. The van der Waals surface area contributed by atoms with Crippen LogP contribution in [-0.2, 0) is 25.1 Å². The monoisotopic (exact) mass is 968 g/mol. The highest BCUT2D eigenvalue weighted by Gasteiger charge is 2.66. The van der Waals surface area contributed by atoms with Gasteiger partial charge >= 0.3 is 6.09 Å². The predicted molar refractivity (Wildman–Crippen MR) is 249 cm³/mol. The number of nitrogens with zero attached hydrogens (tertiary/aromatic N) is 3. The van der Waals surface area contributed by atoms with Crippen molar-refractivity contribution >= 4 is 64.2 Å². The van der Waals surface area contributed by atoms with Crippen molar-refractivity contribution in [2.24, 2.45) is 11.8 Å². The van der Waals surface area contributed by atoms with Gasteiger partial charge in [0.1, 0.15) is 63.4 Å². The Morgan fingerprint density at radius 1 is 1.06 bits per heavy atom. The molecule has 8 rings (SSSR count). The summed E-state index contributed by atoms with van der Waals surface area (Å²) in [7, 11) is -3.13. The van der Waals surface area contributed by atoms with E-state index in [0.717, 1.165) is 37.8 Å². The molecule has 1 unspecified atom stereocenters. The lowest BCUT2D eigenvalue weighted by atomic mass is 9.94. The number of aromatic nitrogens is 2. The van der Waals surface area contributed by atoms with Crippen LogP contribution in [0.5, 0.6) is 11.5 Å². The zero-order valence-electron chi connectivity index (χ0n) is 37.4. The molecule has 19 heteroatoms. The fourth-order valence-electron chi connectivity index (χ4n) is 9.43. The lowest BCUT2D eigenvalue weighted by Crippen LogP contribution is -2.57. The van der Waals surface area contributed by atoms with Gasteiger partial charge in [-0.1, -0.05) is 43.2 Å². The first-order valence-corrected chi connectivity index (χ1v) is 25.7. The number of nitrogens with one attached hydrogen (secondary N) is 3. The molecule has 0 spiro atoms. The molecule has 354 valence electrons. The molecule has 2 aromatic carbocycles. The summed E-state index contributed by atoms with van der Waals surface area (Å²) in [5.41, 5.74) is 0.816. The van der Waals surface area contributed by atoms with E-state index in [1.54, 1.807) is 24.3 Å². The van der Waals surface area contributed by atoms with Crippen molar-refractivity contribution in [1.82, 2.24) is 25.5 Å². The number of anilines is 1. The van der Waals surface area contributed by atoms with Crippen molar-refractivity contribution in [3.63, 3.8) is 0 Å². The van der Waals surface area contributed by atoms with Gasteiger partial charge in [0.15, 0.2) is 5.13 Å². The molecule has 0 bridgehead atoms. The van der Waals surface area contributed by atoms with Gasteiger partial charge in [0, 0.05) is 40.8 Å². The number of allylic oxidation sites excluding steroid dienone is 1. The summed E-state index contributed by atoms with van der Waals surface area (Å²) in [5, 5.41) is 10.5. The van der Waals surface area contributed by atoms with E-state index < -0.39 is 78.0 Å². The number of methoxy groups -OCH3 is 1. The van der Waals surface area contributed by atoms with Crippen molar-refractivity contribution in [2.75, 3.05) is 19.0 Å². The number of benzene rings is 2. The summed E-state index contributed by atoms with van der Waals surface area (Å²) in [6, 6.07) is 6.15. The molecule has 0 radical (unpaired) electrons. The highest BCUT2D eigenvalue weighted by molar-refractivity contribution is 7.59. The van der Waals surface area contributed by atoms with E-state index in [1.165, 1.54) is 29.4 Å². The third-order valence-corrected chi connectivity index (χ3v) is 16.9. The van der Waals surface area contributed by atoms with Gasteiger partial charge in [-0.25, -0.2) is 23.5 Å². The summed E-state index contributed by atoms with van der Waals surface area (Å²) in [6.45, 7) is 5.77. The van der Waals surface area contributed by atoms with Crippen LogP contribution in [0, 0.1) is 23.5 Å². The van der Waals surface area contributed by atoms with Crippen LogP contribution < -0.4 is 25.4 Å². The van der Waals surface area contributed by atoms with Crippen molar-refractivity contribution in [3.8, 4) is 22.9 Å². The highest BCUT2D eigenvalue weighted by atomic mass is 35.5. The molecular formula is C47H56ClF2N6O8PS. The molecule has 4 heterocycles. The van der Waals surface area contributed by atoms with E-state index in [0.29, 0.717) is 64.6 Å². The normalized spacial score (nSPS) is 25.9. The van der Waals surface area contributed by atoms with Gasteiger partial charge in [0.2, 0.25) is 19.2 Å². The van der Waals surface area contributed by atoms with E-state index in [1.807, 2.05) is 32.2 Å². The lowest BCUT2D eigenvalue weighted by Gasteiger charge is -2.33. The number of hydrogen-bond donors (Lipinski definition) is 4. The Hall–Kier alpha value is -4.83. The number of ether oxygens (including phenoxy) is 3. The maximum atomic E-state index is 15.1. The van der Waals surface area contributed by atoms with Crippen LogP contribution in [0.1, 0.15) is 90.5 Å². The summed E-state index contributed by atoms with van der Waals surface area (Å²) < 4.78 is 62.6. The molecule has 4 aliphatic rings. The number of rotatable bonds is 11. The SMILES string of the molecule is COc1ccc2c(O[C@@H]3C[C@H]4C(=O)N[C@]5(P(=O)(O)Cc6c(F)cccc6F)C[C@H]5C=CCCCC[C@@H](C)[C@H](NC(=O)OC5CCCC5)C(=O)N4C3)cc(-c3csc(NC(C)C)n3)nc2c1Cl. The first-order chi connectivity index (χ1) is 31.6. The second-order valence-corrected chi connectivity index (χ2v) is 22.0. The highest BCUT2D eigenvalue weighted by Crippen LogP contribution is 2.71. The Balaban J connectivity index is 1.16. The first-order valence-electron chi connectivity index (χ1n) is 22.6. The summed E-state index contributed by atoms with van der Waals surface area (Å²) in [4.78, 5) is 66.3.